The number of carbonyl (C=O) groups excluding carboxylic acids is 2. The second kappa shape index (κ2) is 7.82. The second-order valence-electron chi connectivity index (χ2n) is 7.59. The third-order valence-corrected chi connectivity index (χ3v) is 5.20. The van der Waals surface area contributed by atoms with Crippen molar-refractivity contribution in [2.24, 2.45) is 5.73 Å². The highest BCUT2D eigenvalue weighted by atomic mass is 19.1. The fourth-order valence-corrected chi connectivity index (χ4v) is 3.81. The molecule has 3 aromatic rings. The number of amides is 1. The largest absolute Gasteiger partial charge is 0.479 e. The van der Waals surface area contributed by atoms with Gasteiger partial charge < -0.3 is 20.0 Å². The highest BCUT2D eigenvalue weighted by Crippen LogP contribution is 2.47. The van der Waals surface area contributed by atoms with Crippen LogP contribution in [-0.4, -0.2) is 38.8 Å². The van der Waals surface area contributed by atoms with Crippen LogP contribution in [-0.2, 0) is 16.0 Å². The van der Waals surface area contributed by atoms with Gasteiger partial charge in [0.05, 0.1) is 11.3 Å². The van der Waals surface area contributed by atoms with Crippen LogP contribution in [0, 0.1) is 12.7 Å². The van der Waals surface area contributed by atoms with Crippen molar-refractivity contribution in [1.29, 1.82) is 0 Å². The molecular formula is C22H20FN3O5. The van der Waals surface area contributed by atoms with E-state index < -0.39 is 24.3 Å². The average molecular weight is 425 g/mol. The molecule has 8 nitrogen and oxygen atoms in total. The zero-order valence-corrected chi connectivity index (χ0v) is 16.7. The van der Waals surface area contributed by atoms with E-state index in [1.54, 1.807) is 29.7 Å². The summed E-state index contributed by atoms with van der Waals surface area (Å²) in [7, 11) is 0. The molecule has 1 fully saturated rings. The Balaban J connectivity index is 2.00. The molecule has 3 N–H and O–H groups in total. The summed E-state index contributed by atoms with van der Waals surface area (Å²) in [5.41, 5.74) is 8.41. The lowest BCUT2D eigenvalue weighted by Crippen LogP contribution is -2.24. The van der Waals surface area contributed by atoms with Gasteiger partial charge in [0.1, 0.15) is 11.3 Å². The predicted octanol–water partition coefficient (Wildman–Crippen LogP) is 2.38. The highest BCUT2D eigenvalue weighted by Gasteiger charge is 2.37. The number of ether oxygens (including phenoxy) is 1. The van der Waals surface area contributed by atoms with Crippen LogP contribution in [0.1, 0.15) is 51.6 Å². The summed E-state index contributed by atoms with van der Waals surface area (Å²) in [4.78, 5) is 40.0. The highest BCUT2D eigenvalue weighted by molar-refractivity contribution is 6.44. The Morgan fingerprint density at radius 3 is 2.52 bits per heavy atom. The number of fused-ring (bicyclic) bond motifs is 1. The van der Waals surface area contributed by atoms with Gasteiger partial charge in [-0.05, 0) is 48.9 Å². The van der Waals surface area contributed by atoms with E-state index in [0.717, 1.165) is 24.1 Å². The zero-order chi connectivity index (χ0) is 22.3. The maximum atomic E-state index is 13.4. The SMILES string of the molecule is Cc1cn2c(Cc3ccc(F)cc3)c(C3CC3)c(C(=O)C(N)=O)c2c(OCC(=O)O)n1. The maximum absolute atomic E-state index is 13.4. The van der Waals surface area contributed by atoms with Gasteiger partial charge in [-0.2, -0.15) is 0 Å². The van der Waals surface area contributed by atoms with Crippen molar-refractivity contribution < 1.29 is 28.6 Å². The lowest BCUT2D eigenvalue weighted by atomic mass is 9.97. The standard InChI is InChI=1S/C22H20FN3O5/c1-11-9-26-15(8-12-2-6-14(23)7-3-12)17(13-4-5-13)18(20(29)21(24)30)19(26)22(25-11)31-10-16(27)28/h2-3,6-7,9,13H,4-5,8,10H2,1H3,(H2,24,30)(H,27,28). The van der Waals surface area contributed by atoms with Gasteiger partial charge in [-0.3, -0.25) is 9.59 Å². The lowest BCUT2D eigenvalue weighted by molar-refractivity contribution is -0.139. The summed E-state index contributed by atoms with van der Waals surface area (Å²) in [6, 6.07) is 6.00. The normalized spacial score (nSPS) is 13.4. The van der Waals surface area contributed by atoms with Crippen LogP contribution < -0.4 is 10.5 Å². The first-order chi connectivity index (χ1) is 14.8. The van der Waals surface area contributed by atoms with Gasteiger partial charge in [-0.1, -0.05) is 12.1 Å². The molecule has 1 aliphatic carbocycles. The fourth-order valence-electron chi connectivity index (χ4n) is 3.81. The van der Waals surface area contributed by atoms with E-state index in [1.807, 2.05) is 0 Å². The zero-order valence-electron chi connectivity index (χ0n) is 16.7. The summed E-state index contributed by atoms with van der Waals surface area (Å²) in [6.45, 7) is 1.05. The molecule has 0 bridgehead atoms. The molecule has 0 unspecified atom stereocenters. The lowest BCUT2D eigenvalue weighted by Gasteiger charge is -2.10. The number of primary amides is 1. The number of hydrogen-bond acceptors (Lipinski definition) is 5. The average Bonchev–Trinajstić information content (AvgIpc) is 3.50. The molecular weight excluding hydrogens is 405 g/mol. The molecule has 2 heterocycles. The number of aromatic nitrogens is 2. The Labute approximate surface area is 176 Å². The second-order valence-corrected chi connectivity index (χ2v) is 7.59. The van der Waals surface area contributed by atoms with E-state index >= 15 is 0 Å². The monoisotopic (exact) mass is 425 g/mol. The van der Waals surface area contributed by atoms with Crippen molar-refractivity contribution in [3.05, 3.63) is 64.4 Å². The molecule has 1 aliphatic rings. The van der Waals surface area contributed by atoms with Crippen LogP contribution in [0.3, 0.4) is 0 Å². The van der Waals surface area contributed by atoms with Gasteiger partial charge in [0, 0.05) is 18.3 Å². The van der Waals surface area contributed by atoms with Crippen LogP contribution in [0.15, 0.2) is 30.5 Å². The molecule has 31 heavy (non-hydrogen) atoms. The van der Waals surface area contributed by atoms with Crippen LogP contribution in [0.5, 0.6) is 5.88 Å². The van der Waals surface area contributed by atoms with Gasteiger partial charge in [0.25, 0.3) is 11.7 Å². The number of aliphatic carboxylic acids is 1. The van der Waals surface area contributed by atoms with Crippen LogP contribution >= 0.6 is 0 Å². The van der Waals surface area contributed by atoms with E-state index in [2.05, 4.69) is 4.98 Å². The third kappa shape index (κ3) is 3.98. The molecule has 0 atom stereocenters. The molecule has 0 saturated heterocycles. The number of ketones is 1. The number of Topliss-reactive ketones (excluding diaryl/α,β-unsaturated/α-hetero) is 1. The predicted molar refractivity (Wildman–Crippen MR) is 108 cm³/mol. The topological polar surface area (TPSA) is 124 Å². The Morgan fingerprint density at radius 2 is 1.94 bits per heavy atom. The van der Waals surface area contributed by atoms with E-state index in [0.29, 0.717) is 17.7 Å². The molecule has 4 rings (SSSR count). The van der Waals surface area contributed by atoms with Crippen molar-refractivity contribution in [2.75, 3.05) is 6.61 Å². The molecule has 0 radical (unpaired) electrons. The summed E-state index contributed by atoms with van der Waals surface area (Å²) in [6.07, 6.45) is 3.74. The van der Waals surface area contributed by atoms with Gasteiger partial charge >= 0.3 is 5.97 Å². The first-order valence-electron chi connectivity index (χ1n) is 9.73. The number of carboxylic acid groups (broad SMARTS) is 1. The summed E-state index contributed by atoms with van der Waals surface area (Å²) >= 11 is 0. The van der Waals surface area contributed by atoms with E-state index in [1.165, 1.54) is 12.1 Å². The van der Waals surface area contributed by atoms with Gasteiger partial charge in [0.15, 0.2) is 6.61 Å². The minimum Gasteiger partial charge on any atom is -0.479 e. The van der Waals surface area contributed by atoms with Crippen molar-refractivity contribution >= 4 is 23.2 Å². The first-order valence-corrected chi connectivity index (χ1v) is 9.73. The number of aryl methyl sites for hydroxylation is 1. The van der Waals surface area contributed by atoms with Gasteiger partial charge in [0.2, 0.25) is 5.88 Å². The smallest absolute Gasteiger partial charge is 0.341 e. The quantitative estimate of drug-likeness (QED) is 0.422. The van der Waals surface area contributed by atoms with E-state index in [-0.39, 0.29) is 28.7 Å². The number of carboxylic acids is 1. The van der Waals surface area contributed by atoms with Crippen molar-refractivity contribution in [3.63, 3.8) is 0 Å². The Bertz CT molecular complexity index is 1210. The van der Waals surface area contributed by atoms with Crippen molar-refractivity contribution in [2.45, 2.75) is 32.1 Å². The number of carbonyl (C=O) groups is 3. The number of nitrogens with two attached hydrogens (primary N) is 1. The van der Waals surface area contributed by atoms with Gasteiger partial charge in [-0.15, -0.1) is 0 Å². The van der Waals surface area contributed by atoms with E-state index in [4.69, 9.17) is 15.6 Å². The molecule has 1 aromatic carbocycles. The molecule has 2 aromatic heterocycles. The van der Waals surface area contributed by atoms with Crippen LogP contribution in [0.2, 0.25) is 0 Å². The Hall–Kier alpha value is -3.75. The molecule has 1 amide bonds. The molecule has 1 saturated carbocycles. The summed E-state index contributed by atoms with van der Waals surface area (Å²) in [5.74, 6) is -3.56. The minimum atomic E-state index is -1.20. The molecule has 0 aliphatic heterocycles. The molecule has 0 spiro atoms. The van der Waals surface area contributed by atoms with Crippen LogP contribution in [0.4, 0.5) is 4.39 Å². The van der Waals surface area contributed by atoms with E-state index in [9.17, 15) is 18.8 Å². The summed E-state index contributed by atoms with van der Waals surface area (Å²) in [5, 5.41) is 9.03. The Kier molecular flexibility index (Phi) is 5.18. The number of hydrogen-bond donors (Lipinski definition) is 2. The van der Waals surface area contributed by atoms with Gasteiger partial charge in [-0.25, -0.2) is 14.2 Å². The molecule has 160 valence electrons. The van der Waals surface area contributed by atoms with Crippen molar-refractivity contribution in [3.8, 4) is 5.88 Å². The molecule has 9 heteroatoms. The number of benzene rings is 1. The Morgan fingerprint density at radius 1 is 1.26 bits per heavy atom. The number of rotatable bonds is 8. The first kappa shape index (κ1) is 20.5. The van der Waals surface area contributed by atoms with Crippen molar-refractivity contribution in [1.82, 2.24) is 9.38 Å². The number of nitrogens with zero attached hydrogens (tertiary/aromatic N) is 2. The third-order valence-electron chi connectivity index (χ3n) is 5.20. The number of halogens is 1. The maximum Gasteiger partial charge on any atom is 0.341 e. The summed E-state index contributed by atoms with van der Waals surface area (Å²) < 4.78 is 20.5. The minimum absolute atomic E-state index is 0.0562. The fraction of sp³-hybridized carbons (Fsp3) is 0.273. The van der Waals surface area contributed by atoms with Crippen LogP contribution in [0.25, 0.3) is 5.52 Å².